The zero-order chi connectivity index (χ0) is 23.9. The normalized spacial score (nSPS) is 14.9. The van der Waals surface area contributed by atoms with Gasteiger partial charge in [-0.2, -0.15) is 0 Å². The van der Waals surface area contributed by atoms with Crippen molar-refractivity contribution in [2.45, 2.75) is 47.1 Å². The largest absolute Gasteiger partial charge is 0.273 e. The van der Waals surface area contributed by atoms with E-state index in [4.69, 9.17) is 4.99 Å². The third kappa shape index (κ3) is 4.58. The first kappa shape index (κ1) is 23.6. The molecule has 10 heteroatoms. The molecule has 33 heavy (non-hydrogen) atoms. The number of halogens is 1. The van der Waals surface area contributed by atoms with Gasteiger partial charge in [0.25, 0.3) is 0 Å². The quantitative estimate of drug-likeness (QED) is 0.363. The number of carbonyl (C=O) groups is 2. The Morgan fingerprint density at radius 3 is 2.48 bits per heavy atom. The molecule has 3 heterocycles. The summed E-state index contributed by atoms with van der Waals surface area (Å²) < 4.78 is 3.14. The molecule has 0 aliphatic carbocycles. The summed E-state index contributed by atoms with van der Waals surface area (Å²) in [5, 5.41) is 9.70. The predicted molar refractivity (Wildman–Crippen MR) is 137 cm³/mol. The summed E-state index contributed by atoms with van der Waals surface area (Å²) in [7, 11) is 0. The van der Waals surface area contributed by atoms with E-state index in [1.54, 1.807) is 25.2 Å². The molecule has 1 aromatic carbocycles. The van der Waals surface area contributed by atoms with Gasteiger partial charge in [0.1, 0.15) is 16.9 Å². The Morgan fingerprint density at radius 1 is 1.12 bits per heavy atom. The number of aliphatic imine (C=N–C) groups is 1. The number of fused-ring (bicyclic) bond motifs is 3. The summed E-state index contributed by atoms with van der Waals surface area (Å²) in [6, 6.07) is 7.64. The van der Waals surface area contributed by atoms with Crippen LogP contribution in [0.1, 0.15) is 59.5 Å². The fraction of sp³-hybridized carbons (Fsp3) is 0.348. The molecule has 0 bridgehead atoms. The lowest BCUT2D eigenvalue weighted by molar-refractivity contribution is -0.130. The summed E-state index contributed by atoms with van der Waals surface area (Å²) in [6.45, 7) is 9.62. The maximum atomic E-state index is 12.7. The topological polar surface area (TPSA) is 101 Å². The molecule has 0 spiro atoms. The van der Waals surface area contributed by atoms with E-state index in [-0.39, 0.29) is 24.2 Å². The number of hydrogen-bond acceptors (Lipinski definition) is 6. The third-order valence-electron chi connectivity index (χ3n) is 5.59. The number of hydrazine groups is 1. The molecule has 0 radical (unpaired) electrons. The van der Waals surface area contributed by atoms with Crippen LogP contribution < -0.4 is 10.9 Å². The molecular weight excluding hydrogens is 551 g/mol. The van der Waals surface area contributed by atoms with Crippen molar-refractivity contribution in [1.82, 2.24) is 25.6 Å². The van der Waals surface area contributed by atoms with Gasteiger partial charge in [-0.1, -0.05) is 26.0 Å². The fourth-order valence-electron chi connectivity index (χ4n) is 3.63. The Kier molecular flexibility index (Phi) is 6.66. The molecule has 2 aromatic heterocycles. The van der Waals surface area contributed by atoms with E-state index in [9.17, 15) is 9.59 Å². The van der Waals surface area contributed by atoms with Crippen molar-refractivity contribution in [3.8, 4) is 5.00 Å². The first-order valence-corrected chi connectivity index (χ1v) is 12.5. The van der Waals surface area contributed by atoms with Crippen LogP contribution in [-0.2, 0) is 9.59 Å². The van der Waals surface area contributed by atoms with Crippen molar-refractivity contribution in [2.24, 2.45) is 10.9 Å². The molecule has 1 aliphatic rings. The second kappa shape index (κ2) is 9.34. The van der Waals surface area contributed by atoms with E-state index >= 15 is 0 Å². The predicted octanol–water partition coefficient (Wildman–Crippen LogP) is 3.94. The first-order chi connectivity index (χ1) is 15.7. The van der Waals surface area contributed by atoms with Gasteiger partial charge in [0.15, 0.2) is 5.82 Å². The lowest BCUT2D eigenvalue weighted by atomic mass is 9.99. The molecule has 8 nitrogen and oxygen atoms in total. The third-order valence-corrected chi connectivity index (χ3v) is 7.50. The molecule has 1 aliphatic heterocycles. The minimum atomic E-state index is -0.560. The second-order valence-electron chi connectivity index (χ2n) is 8.30. The summed E-state index contributed by atoms with van der Waals surface area (Å²) in [4.78, 5) is 30.9. The van der Waals surface area contributed by atoms with Crippen LogP contribution in [0.15, 0.2) is 29.3 Å². The van der Waals surface area contributed by atoms with Gasteiger partial charge in [0.05, 0.1) is 12.1 Å². The monoisotopic (exact) mass is 576 g/mol. The van der Waals surface area contributed by atoms with Gasteiger partial charge in [-0.25, -0.2) is 0 Å². The van der Waals surface area contributed by atoms with Crippen molar-refractivity contribution in [1.29, 1.82) is 0 Å². The van der Waals surface area contributed by atoms with Crippen LogP contribution >= 0.6 is 33.9 Å². The van der Waals surface area contributed by atoms with E-state index in [1.807, 2.05) is 23.6 Å². The summed E-state index contributed by atoms with van der Waals surface area (Å²) in [6.07, 6.45) is 0.0251. The number of carbonyl (C=O) groups excluding carboxylic acids is 2. The minimum absolute atomic E-state index is 0.0251. The van der Waals surface area contributed by atoms with Gasteiger partial charge >= 0.3 is 0 Å². The zero-order valence-electron chi connectivity index (χ0n) is 19.1. The zero-order valence-corrected chi connectivity index (χ0v) is 22.0. The van der Waals surface area contributed by atoms with Crippen LogP contribution in [0, 0.1) is 30.3 Å². The number of aromatic nitrogens is 3. The van der Waals surface area contributed by atoms with E-state index in [0.717, 1.165) is 36.8 Å². The van der Waals surface area contributed by atoms with E-state index in [0.29, 0.717) is 5.82 Å². The van der Waals surface area contributed by atoms with Crippen LogP contribution in [0.3, 0.4) is 0 Å². The average molecular weight is 576 g/mol. The van der Waals surface area contributed by atoms with Gasteiger partial charge in [-0.05, 0) is 61.1 Å². The van der Waals surface area contributed by atoms with Crippen LogP contribution in [0.5, 0.6) is 0 Å². The first-order valence-electron chi connectivity index (χ1n) is 10.6. The SMILES string of the molecule is Cc1sc2c(c1C)C(c1ccc(I)cc1)=N[C@@H](CC(=O)NNC(=O)C(C)C)c1nnc(C)n1-2. The Morgan fingerprint density at radius 2 is 1.82 bits per heavy atom. The molecule has 172 valence electrons. The van der Waals surface area contributed by atoms with Gasteiger partial charge in [0, 0.05) is 25.5 Å². The van der Waals surface area contributed by atoms with Crippen LogP contribution in [0.2, 0.25) is 0 Å². The van der Waals surface area contributed by atoms with Crippen LogP contribution in [0.25, 0.3) is 5.00 Å². The van der Waals surface area contributed by atoms with Crippen molar-refractivity contribution < 1.29 is 9.59 Å². The summed E-state index contributed by atoms with van der Waals surface area (Å²) in [5.41, 5.74) is 8.97. The number of aryl methyl sites for hydroxylation is 2. The highest BCUT2D eigenvalue weighted by Crippen LogP contribution is 2.39. The molecular formula is C23H25IN6O2S. The number of nitrogens with zero attached hydrogens (tertiary/aromatic N) is 4. The molecule has 1 atom stereocenters. The molecule has 0 saturated heterocycles. The van der Waals surface area contributed by atoms with Gasteiger partial charge in [-0.15, -0.1) is 21.5 Å². The molecule has 2 N–H and O–H groups in total. The van der Waals surface area contributed by atoms with Crippen LogP contribution in [0.4, 0.5) is 0 Å². The standard InChI is InChI=1S/C23H25IN6O2S/c1-11(2)22(32)29-27-18(31)10-17-21-28-26-14(5)30(21)23-19(12(3)13(4)33-23)20(25-17)15-6-8-16(24)9-7-15/h6-9,11,17H,10H2,1-5H3,(H,27,31)(H,29,32)/t17-/m0/s1. The van der Waals surface area contributed by atoms with Crippen molar-refractivity contribution in [2.75, 3.05) is 0 Å². The van der Waals surface area contributed by atoms with Crippen molar-refractivity contribution in [3.05, 3.63) is 61.1 Å². The number of thiophene rings is 1. The Bertz CT molecular complexity index is 1260. The molecule has 0 fully saturated rings. The average Bonchev–Trinajstić information content (AvgIpc) is 3.25. The molecule has 0 unspecified atom stereocenters. The van der Waals surface area contributed by atoms with Crippen molar-refractivity contribution >= 4 is 51.5 Å². The number of hydrogen-bond donors (Lipinski definition) is 2. The highest BCUT2D eigenvalue weighted by Gasteiger charge is 2.32. The smallest absolute Gasteiger partial charge is 0.241 e. The molecule has 4 rings (SSSR count). The van der Waals surface area contributed by atoms with E-state index < -0.39 is 6.04 Å². The molecule has 3 aromatic rings. The Balaban J connectivity index is 1.80. The molecule has 0 saturated carbocycles. The number of rotatable bonds is 4. The highest BCUT2D eigenvalue weighted by atomic mass is 127. The minimum Gasteiger partial charge on any atom is -0.273 e. The fourth-order valence-corrected chi connectivity index (χ4v) is 5.21. The maximum absolute atomic E-state index is 12.7. The van der Waals surface area contributed by atoms with Crippen LogP contribution in [-0.4, -0.2) is 32.3 Å². The highest BCUT2D eigenvalue weighted by molar-refractivity contribution is 14.1. The summed E-state index contributed by atoms with van der Waals surface area (Å²) >= 11 is 3.96. The Hall–Kier alpha value is -2.60. The lowest BCUT2D eigenvalue weighted by Gasteiger charge is -2.14. The lowest BCUT2D eigenvalue weighted by Crippen LogP contribution is -2.43. The number of nitrogens with one attached hydrogen (secondary N) is 2. The Labute approximate surface area is 210 Å². The van der Waals surface area contributed by atoms with Crippen molar-refractivity contribution in [3.63, 3.8) is 0 Å². The molecule has 2 amide bonds. The van der Waals surface area contributed by atoms with Gasteiger partial charge in [-0.3, -0.25) is 30.0 Å². The second-order valence-corrected chi connectivity index (χ2v) is 10.7. The maximum Gasteiger partial charge on any atom is 0.241 e. The van der Waals surface area contributed by atoms with Gasteiger partial charge in [0.2, 0.25) is 11.8 Å². The van der Waals surface area contributed by atoms with Gasteiger partial charge < -0.3 is 0 Å². The van der Waals surface area contributed by atoms with E-state index in [1.165, 1.54) is 4.88 Å². The number of amides is 2. The number of benzene rings is 1. The van der Waals surface area contributed by atoms with E-state index in [2.05, 4.69) is 69.6 Å². The summed E-state index contributed by atoms with van der Waals surface area (Å²) in [5.74, 6) is 0.525.